The summed E-state index contributed by atoms with van der Waals surface area (Å²) >= 11 is 0. The Hall–Kier alpha value is -0.368. The van der Waals surface area contributed by atoms with E-state index in [4.69, 9.17) is 0 Å². The van der Waals surface area contributed by atoms with Crippen molar-refractivity contribution >= 4 is 11.8 Å². The van der Waals surface area contributed by atoms with Gasteiger partial charge in [0.05, 0.1) is 5.97 Å². The van der Waals surface area contributed by atoms with Crippen LogP contribution in [0.4, 0.5) is 0 Å². The number of hydrogen-bond donors (Lipinski definition) is 0. The number of aromatic carboxylic acids is 1. The summed E-state index contributed by atoms with van der Waals surface area (Å²) in [4.78, 5) is 23.4. The average Bonchev–Trinajstić information content (AvgIpc) is 2.61. The number of fused-ring (bicyclic) bond motifs is 3. The van der Waals surface area contributed by atoms with Gasteiger partial charge in [-0.15, -0.1) is 0 Å². The second-order valence-electron chi connectivity index (χ2n) is 4.88. The van der Waals surface area contributed by atoms with Gasteiger partial charge < -0.3 is 9.90 Å². The third-order valence-corrected chi connectivity index (χ3v) is 3.54. The molecule has 94 valence electrons. The first kappa shape index (κ1) is 16.0. The molecule has 0 amide bonds. The molecule has 2 aromatic carbocycles. The molecule has 0 radical (unpaired) electrons. The molecule has 0 saturated heterocycles. The Kier molecular flexibility index (Phi) is 4.63. The molecular formula is C16H11CsO3. The molecule has 0 fully saturated rings. The maximum atomic E-state index is 12.3. The molecule has 0 spiro atoms. The Bertz CT molecular complexity index is 748. The number of hydrogen-bond acceptors (Lipinski definition) is 3. The van der Waals surface area contributed by atoms with E-state index in [1.165, 1.54) is 0 Å². The molecule has 20 heavy (non-hydrogen) atoms. The van der Waals surface area contributed by atoms with Crippen LogP contribution in [0.5, 0.6) is 0 Å². The van der Waals surface area contributed by atoms with E-state index >= 15 is 0 Å². The van der Waals surface area contributed by atoms with Gasteiger partial charge in [0.25, 0.3) is 0 Å². The van der Waals surface area contributed by atoms with Gasteiger partial charge in [-0.3, -0.25) is 4.79 Å². The molecule has 2 aromatic rings. The van der Waals surface area contributed by atoms with Crippen LogP contribution < -0.4 is 74.0 Å². The number of benzene rings is 2. The van der Waals surface area contributed by atoms with Crippen molar-refractivity contribution in [3.63, 3.8) is 0 Å². The van der Waals surface area contributed by atoms with E-state index in [1.807, 2.05) is 25.1 Å². The quantitative estimate of drug-likeness (QED) is 0.535. The van der Waals surface area contributed by atoms with E-state index in [2.05, 4.69) is 0 Å². The summed E-state index contributed by atoms with van der Waals surface area (Å²) in [7, 11) is 0. The zero-order chi connectivity index (χ0) is 13.7. The molecule has 1 aliphatic carbocycles. The van der Waals surface area contributed by atoms with Crippen molar-refractivity contribution in [3.8, 4) is 11.1 Å². The average molecular weight is 384 g/mol. The van der Waals surface area contributed by atoms with Crippen LogP contribution in [0.25, 0.3) is 11.1 Å². The van der Waals surface area contributed by atoms with E-state index in [9.17, 15) is 14.7 Å². The molecule has 0 heterocycles. The van der Waals surface area contributed by atoms with Crippen molar-refractivity contribution in [2.24, 2.45) is 0 Å². The standard InChI is InChI=1S/C16H12O3.Cs/c1-8-3-4-10-12-7-11(16(18)19)9(2)6-14(12)15(17)13(10)5-8;/h3-7H,1-2H3,(H,18,19);/q;+1/p-1. The number of ketones is 1. The van der Waals surface area contributed by atoms with Crippen LogP contribution in [0.1, 0.15) is 37.4 Å². The summed E-state index contributed by atoms with van der Waals surface area (Å²) in [6.07, 6.45) is 0. The summed E-state index contributed by atoms with van der Waals surface area (Å²) in [5.41, 5.74) is 4.40. The van der Waals surface area contributed by atoms with Crippen molar-refractivity contribution < 1.29 is 83.6 Å². The smallest absolute Gasteiger partial charge is 0.545 e. The Balaban J connectivity index is 0.00000147. The Morgan fingerprint density at radius 2 is 1.60 bits per heavy atom. The minimum absolute atomic E-state index is 0. The largest absolute Gasteiger partial charge is 1.00 e. The molecule has 1 aliphatic rings. The molecule has 0 unspecified atom stereocenters. The van der Waals surface area contributed by atoms with Crippen molar-refractivity contribution in [1.29, 1.82) is 0 Å². The van der Waals surface area contributed by atoms with Gasteiger partial charge in [-0.05, 0) is 48.7 Å². The van der Waals surface area contributed by atoms with E-state index in [-0.39, 0.29) is 80.2 Å². The molecule has 3 rings (SSSR count). The normalized spacial score (nSPS) is 11.6. The fourth-order valence-electron chi connectivity index (χ4n) is 2.56. The topological polar surface area (TPSA) is 57.2 Å². The summed E-state index contributed by atoms with van der Waals surface area (Å²) < 4.78 is 0. The van der Waals surface area contributed by atoms with Gasteiger partial charge >= 0.3 is 68.9 Å². The van der Waals surface area contributed by atoms with Crippen molar-refractivity contribution in [3.05, 3.63) is 58.1 Å². The first-order valence-electron chi connectivity index (χ1n) is 6.01. The summed E-state index contributed by atoms with van der Waals surface area (Å²) in [5.74, 6) is -1.25. The third kappa shape index (κ3) is 2.45. The van der Waals surface area contributed by atoms with Gasteiger partial charge in [0.15, 0.2) is 5.78 Å². The molecular weight excluding hydrogens is 373 g/mol. The fraction of sp³-hybridized carbons (Fsp3) is 0.125. The zero-order valence-electron chi connectivity index (χ0n) is 11.6. The summed E-state index contributed by atoms with van der Waals surface area (Å²) in [6, 6.07) is 8.80. The first-order valence-corrected chi connectivity index (χ1v) is 6.01. The number of aryl methyl sites for hydroxylation is 2. The van der Waals surface area contributed by atoms with Crippen molar-refractivity contribution in [2.75, 3.05) is 0 Å². The second-order valence-corrected chi connectivity index (χ2v) is 4.88. The van der Waals surface area contributed by atoms with Gasteiger partial charge in [0, 0.05) is 16.7 Å². The summed E-state index contributed by atoms with van der Waals surface area (Å²) in [5, 5.41) is 11.1. The van der Waals surface area contributed by atoms with Gasteiger partial charge in [-0.1, -0.05) is 17.7 Å². The van der Waals surface area contributed by atoms with E-state index < -0.39 is 5.97 Å². The van der Waals surface area contributed by atoms with Crippen LogP contribution in [-0.4, -0.2) is 11.8 Å². The molecule has 0 saturated carbocycles. The number of carbonyl (C=O) groups excluding carboxylic acids is 2. The van der Waals surface area contributed by atoms with Gasteiger partial charge in [0.2, 0.25) is 0 Å². The predicted octanol–water partition coefficient (Wildman–Crippen LogP) is -1.12. The molecule has 3 nitrogen and oxygen atoms in total. The Labute approximate surface area is 175 Å². The number of carbonyl (C=O) groups is 2. The zero-order valence-corrected chi connectivity index (χ0v) is 17.9. The van der Waals surface area contributed by atoms with Crippen LogP contribution in [0, 0.1) is 13.8 Å². The van der Waals surface area contributed by atoms with Crippen molar-refractivity contribution in [2.45, 2.75) is 13.8 Å². The van der Waals surface area contributed by atoms with E-state index in [0.29, 0.717) is 22.3 Å². The molecule has 0 aromatic heterocycles. The minimum atomic E-state index is -1.21. The van der Waals surface area contributed by atoms with Crippen LogP contribution in [0.3, 0.4) is 0 Å². The van der Waals surface area contributed by atoms with Crippen LogP contribution in [0.2, 0.25) is 0 Å². The van der Waals surface area contributed by atoms with Crippen LogP contribution >= 0.6 is 0 Å². The monoisotopic (exact) mass is 384 g/mol. The van der Waals surface area contributed by atoms with Gasteiger partial charge in [0.1, 0.15) is 0 Å². The van der Waals surface area contributed by atoms with E-state index in [1.54, 1.807) is 19.1 Å². The van der Waals surface area contributed by atoms with Crippen LogP contribution in [-0.2, 0) is 0 Å². The minimum Gasteiger partial charge on any atom is -0.545 e. The number of carboxylic acid groups (broad SMARTS) is 1. The molecule has 4 heteroatoms. The van der Waals surface area contributed by atoms with Crippen LogP contribution in [0.15, 0.2) is 30.3 Å². The molecule has 0 N–H and O–H groups in total. The van der Waals surface area contributed by atoms with Gasteiger partial charge in [-0.2, -0.15) is 0 Å². The molecule has 0 bridgehead atoms. The Morgan fingerprint density at radius 1 is 0.950 bits per heavy atom. The third-order valence-electron chi connectivity index (χ3n) is 3.54. The maximum absolute atomic E-state index is 12.3. The molecule has 0 atom stereocenters. The molecule has 0 aliphatic heterocycles. The second kappa shape index (κ2) is 5.79. The fourth-order valence-corrected chi connectivity index (χ4v) is 2.56. The maximum Gasteiger partial charge on any atom is 1.00 e. The first-order chi connectivity index (χ1) is 8.99. The predicted molar refractivity (Wildman–Crippen MR) is 69.1 cm³/mol. The Morgan fingerprint density at radius 3 is 2.25 bits per heavy atom. The van der Waals surface area contributed by atoms with Crippen molar-refractivity contribution in [1.82, 2.24) is 0 Å². The number of rotatable bonds is 1. The SMILES string of the molecule is Cc1ccc2c(c1)C(=O)c1cc(C)c(C(=O)[O-])cc1-2.[Cs+]. The number of carboxylic acids is 1. The summed E-state index contributed by atoms with van der Waals surface area (Å²) in [6.45, 7) is 3.60. The van der Waals surface area contributed by atoms with E-state index in [0.717, 1.165) is 11.1 Å². The van der Waals surface area contributed by atoms with Gasteiger partial charge in [-0.25, -0.2) is 0 Å².